The van der Waals surface area contributed by atoms with Crippen LogP contribution in [0.3, 0.4) is 0 Å². The molecule has 0 radical (unpaired) electrons. The molecular formula is C23H22FN3O2. The number of anilines is 1. The van der Waals surface area contributed by atoms with E-state index in [1.807, 2.05) is 48.7 Å². The molecule has 29 heavy (non-hydrogen) atoms. The fourth-order valence-corrected chi connectivity index (χ4v) is 3.89. The Bertz CT molecular complexity index is 1090. The zero-order chi connectivity index (χ0) is 20.5. The summed E-state index contributed by atoms with van der Waals surface area (Å²) in [7, 11) is 0. The molecule has 0 spiro atoms. The van der Waals surface area contributed by atoms with Gasteiger partial charge in [-0.25, -0.2) is 4.39 Å². The summed E-state index contributed by atoms with van der Waals surface area (Å²) in [5, 5.41) is 5.79. The number of rotatable bonds is 4. The number of aromatic nitrogens is 1. The first-order valence-electron chi connectivity index (χ1n) is 9.55. The van der Waals surface area contributed by atoms with Crippen molar-refractivity contribution < 1.29 is 14.0 Å². The summed E-state index contributed by atoms with van der Waals surface area (Å²) in [4.78, 5) is 24.4. The smallest absolute Gasteiger partial charge is 0.257 e. The Morgan fingerprint density at radius 3 is 2.59 bits per heavy atom. The number of benzene rings is 2. The second-order valence-corrected chi connectivity index (χ2v) is 7.38. The summed E-state index contributed by atoms with van der Waals surface area (Å²) in [5.41, 5.74) is 4.77. The molecule has 1 saturated heterocycles. The van der Waals surface area contributed by atoms with Gasteiger partial charge in [0.25, 0.3) is 5.91 Å². The summed E-state index contributed by atoms with van der Waals surface area (Å²) in [6.07, 6.45) is 0.468. The third-order valence-electron chi connectivity index (χ3n) is 5.35. The fourth-order valence-electron chi connectivity index (χ4n) is 3.89. The van der Waals surface area contributed by atoms with Crippen LogP contribution in [0, 0.1) is 19.7 Å². The molecule has 2 heterocycles. The number of hydrogen-bond acceptors (Lipinski definition) is 2. The summed E-state index contributed by atoms with van der Waals surface area (Å²) < 4.78 is 15.2. The van der Waals surface area contributed by atoms with Gasteiger partial charge in [-0.3, -0.25) is 9.59 Å². The number of hydrogen-bond donors (Lipinski definition) is 2. The highest BCUT2D eigenvalue weighted by Crippen LogP contribution is 2.26. The highest BCUT2D eigenvalue weighted by molar-refractivity contribution is 6.05. The van der Waals surface area contributed by atoms with Gasteiger partial charge in [0.05, 0.1) is 5.56 Å². The van der Waals surface area contributed by atoms with Gasteiger partial charge in [0.1, 0.15) is 5.82 Å². The molecule has 2 N–H and O–H groups in total. The van der Waals surface area contributed by atoms with Crippen LogP contribution in [0.4, 0.5) is 10.1 Å². The molecule has 5 nitrogen and oxygen atoms in total. The van der Waals surface area contributed by atoms with E-state index < -0.39 is 0 Å². The summed E-state index contributed by atoms with van der Waals surface area (Å²) >= 11 is 0. The summed E-state index contributed by atoms with van der Waals surface area (Å²) in [5.74, 6) is -0.321. The molecule has 1 aliphatic heterocycles. The topological polar surface area (TPSA) is 63.1 Å². The molecule has 0 saturated carbocycles. The number of halogens is 1. The molecule has 6 heteroatoms. The predicted molar refractivity (Wildman–Crippen MR) is 110 cm³/mol. The number of carbonyl (C=O) groups excluding carboxylic acids is 2. The van der Waals surface area contributed by atoms with Crippen LogP contribution < -0.4 is 10.6 Å². The van der Waals surface area contributed by atoms with Gasteiger partial charge < -0.3 is 15.2 Å². The molecular weight excluding hydrogens is 369 g/mol. The van der Waals surface area contributed by atoms with E-state index in [2.05, 4.69) is 10.6 Å². The third kappa shape index (κ3) is 3.78. The van der Waals surface area contributed by atoms with Crippen molar-refractivity contribution in [2.45, 2.75) is 26.2 Å². The largest absolute Gasteiger partial charge is 0.355 e. The van der Waals surface area contributed by atoms with Gasteiger partial charge in [-0.2, -0.15) is 0 Å². The second-order valence-electron chi connectivity index (χ2n) is 7.38. The molecule has 0 unspecified atom stereocenters. The Morgan fingerprint density at radius 1 is 1.14 bits per heavy atom. The van der Waals surface area contributed by atoms with Gasteiger partial charge >= 0.3 is 0 Å². The normalized spacial score (nSPS) is 16.0. The van der Waals surface area contributed by atoms with Crippen molar-refractivity contribution >= 4 is 17.5 Å². The van der Waals surface area contributed by atoms with Gasteiger partial charge in [-0.15, -0.1) is 0 Å². The molecule has 2 aromatic carbocycles. The monoisotopic (exact) mass is 391 g/mol. The predicted octanol–water partition coefficient (Wildman–Crippen LogP) is 4.09. The van der Waals surface area contributed by atoms with Crippen LogP contribution in [0.1, 0.15) is 39.6 Å². The van der Waals surface area contributed by atoms with Crippen molar-refractivity contribution in [3.05, 3.63) is 82.9 Å². The molecule has 0 aliphatic carbocycles. The van der Waals surface area contributed by atoms with Crippen molar-refractivity contribution in [3.63, 3.8) is 0 Å². The van der Waals surface area contributed by atoms with Gasteiger partial charge in [-0.05, 0) is 61.9 Å². The highest BCUT2D eigenvalue weighted by Gasteiger charge is 2.23. The molecule has 2 amide bonds. The van der Waals surface area contributed by atoms with Crippen molar-refractivity contribution in [2.75, 3.05) is 11.9 Å². The first-order chi connectivity index (χ1) is 13.9. The zero-order valence-corrected chi connectivity index (χ0v) is 16.3. The van der Waals surface area contributed by atoms with Gasteiger partial charge in [0.15, 0.2) is 0 Å². The number of carbonyl (C=O) groups is 2. The number of nitrogens with zero attached hydrogens (tertiary/aromatic N) is 1. The molecule has 1 aliphatic rings. The second kappa shape index (κ2) is 7.54. The van der Waals surface area contributed by atoms with E-state index in [0.29, 0.717) is 24.2 Å². The standard InChI is InChI=1S/C23H22FN3O2/c1-14-10-21(15(2)27(14)20-8-6-18(24)7-9-20)23(29)26-19-5-3-4-16(11-19)17-12-22(28)25-13-17/h3-11,17H,12-13H2,1-2H3,(H,25,28)(H,26,29)/t17-/m0/s1. The van der Waals surface area contributed by atoms with Crippen LogP contribution in [-0.2, 0) is 4.79 Å². The molecule has 148 valence electrons. The van der Waals surface area contributed by atoms with Crippen LogP contribution in [0.2, 0.25) is 0 Å². The van der Waals surface area contributed by atoms with Crippen LogP contribution in [0.25, 0.3) is 5.69 Å². The molecule has 1 aromatic heterocycles. The van der Waals surface area contributed by atoms with E-state index in [0.717, 1.165) is 22.6 Å². The lowest BCUT2D eigenvalue weighted by Crippen LogP contribution is -2.14. The number of aryl methyl sites for hydroxylation is 1. The Hall–Kier alpha value is -3.41. The maximum Gasteiger partial charge on any atom is 0.257 e. The highest BCUT2D eigenvalue weighted by atomic mass is 19.1. The lowest BCUT2D eigenvalue weighted by atomic mass is 9.98. The van der Waals surface area contributed by atoms with Gasteiger partial charge in [-0.1, -0.05) is 12.1 Å². The van der Waals surface area contributed by atoms with E-state index in [9.17, 15) is 14.0 Å². The quantitative estimate of drug-likeness (QED) is 0.704. The lowest BCUT2D eigenvalue weighted by Gasteiger charge is -2.12. The molecule has 1 fully saturated rings. The Morgan fingerprint density at radius 2 is 1.90 bits per heavy atom. The molecule has 3 aromatic rings. The van der Waals surface area contributed by atoms with Crippen LogP contribution in [-0.4, -0.2) is 22.9 Å². The average molecular weight is 391 g/mol. The average Bonchev–Trinajstić information content (AvgIpc) is 3.26. The van der Waals surface area contributed by atoms with Crippen molar-refractivity contribution in [2.24, 2.45) is 0 Å². The first kappa shape index (κ1) is 18.9. The van der Waals surface area contributed by atoms with Crippen LogP contribution >= 0.6 is 0 Å². The summed E-state index contributed by atoms with van der Waals surface area (Å²) in [6, 6.07) is 15.6. The SMILES string of the molecule is Cc1cc(C(=O)Nc2cccc([C@@H]3CNC(=O)C3)c2)c(C)n1-c1ccc(F)cc1. The third-order valence-corrected chi connectivity index (χ3v) is 5.35. The maximum atomic E-state index is 13.2. The van der Waals surface area contributed by atoms with Crippen LogP contribution in [0.5, 0.6) is 0 Å². The maximum absolute atomic E-state index is 13.2. The Labute approximate surface area is 168 Å². The van der Waals surface area contributed by atoms with E-state index in [1.165, 1.54) is 12.1 Å². The van der Waals surface area contributed by atoms with Crippen molar-refractivity contribution in [3.8, 4) is 5.69 Å². The number of amides is 2. The van der Waals surface area contributed by atoms with E-state index in [1.54, 1.807) is 12.1 Å². The summed E-state index contributed by atoms with van der Waals surface area (Å²) in [6.45, 7) is 4.41. The first-order valence-corrected chi connectivity index (χ1v) is 9.55. The van der Waals surface area contributed by atoms with Crippen LogP contribution in [0.15, 0.2) is 54.6 Å². The van der Waals surface area contributed by atoms with Gasteiger partial charge in [0.2, 0.25) is 5.91 Å². The van der Waals surface area contributed by atoms with E-state index >= 15 is 0 Å². The number of nitrogens with one attached hydrogen (secondary N) is 2. The lowest BCUT2D eigenvalue weighted by molar-refractivity contribution is -0.119. The van der Waals surface area contributed by atoms with Crippen molar-refractivity contribution in [1.29, 1.82) is 0 Å². The Kier molecular flexibility index (Phi) is 4.92. The van der Waals surface area contributed by atoms with E-state index in [4.69, 9.17) is 0 Å². The molecule has 1 atom stereocenters. The Balaban J connectivity index is 1.57. The van der Waals surface area contributed by atoms with Crippen molar-refractivity contribution in [1.82, 2.24) is 9.88 Å². The van der Waals surface area contributed by atoms with Gasteiger partial charge in [0, 0.05) is 41.6 Å². The molecule has 0 bridgehead atoms. The fraction of sp³-hybridized carbons (Fsp3) is 0.217. The minimum atomic E-state index is -0.298. The van der Waals surface area contributed by atoms with E-state index in [-0.39, 0.29) is 23.5 Å². The zero-order valence-electron chi connectivity index (χ0n) is 16.3. The minimum absolute atomic E-state index is 0.0534. The minimum Gasteiger partial charge on any atom is -0.355 e. The molecule has 4 rings (SSSR count).